The monoisotopic (exact) mass is 403 g/mol. The molecular formula is C22H30ClN3O2. The third-order valence-electron chi connectivity index (χ3n) is 5.52. The van der Waals surface area contributed by atoms with E-state index in [9.17, 15) is 9.59 Å². The zero-order chi connectivity index (χ0) is 19.8. The van der Waals surface area contributed by atoms with Crippen LogP contribution in [0.1, 0.15) is 37.7 Å². The molecule has 5 nitrogen and oxygen atoms in total. The van der Waals surface area contributed by atoms with E-state index in [1.807, 2.05) is 23.1 Å². The van der Waals surface area contributed by atoms with Crippen LogP contribution in [0, 0.1) is 0 Å². The lowest BCUT2D eigenvalue weighted by atomic mass is 10.1. The standard InChI is InChI=1S/C22H30ClN3O2/c23-20-7-4-6-19(18-20)8-9-21(27)26-15-10-22(28)25(16-17-26)14-5-13-24-11-2-1-3-12-24/h4,6-9,18H,1-3,5,10-17H2. The molecule has 0 unspecified atom stereocenters. The van der Waals surface area contributed by atoms with Gasteiger partial charge >= 0.3 is 0 Å². The number of hydrogen-bond donors (Lipinski definition) is 0. The van der Waals surface area contributed by atoms with Crippen LogP contribution in [0.25, 0.3) is 6.08 Å². The summed E-state index contributed by atoms with van der Waals surface area (Å²) in [6.07, 6.45) is 8.69. The molecule has 0 N–H and O–H groups in total. The first-order chi connectivity index (χ1) is 13.6. The molecule has 0 saturated carbocycles. The van der Waals surface area contributed by atoms with E-state index in [0.29, 0.717) is 31.1 Å². The topological polar surface area (TPSA) is 43.9 Å². The molecule has 2 aliphatic heterocycles. The van der Waals surface area contributed by atoms with Gasteiger partial charge in [0.2, 0.25) is 11.8 Å². The van der Waals surface area contributed by atoms with Crippen molar-refractivity contribution < 1.29 is 9.59 Å². The van der Waals surface area contributed by atoms with Crippen LogP contribution >= 0.6 is 11.6 Å². The van der Waals surface area contributed by atoms with E-state index in [1.54, 1.807) is 23.1 Å². The number of benzene rings is 1. The predicted octanol–water partition coefficient (Wildman–Crippen LogP) is 3.29. The number of likely N-dealkylation sites (tertiary alicyclic amines) is 1. The Balaban J connectivity index is 1.45. The number of rotatable bonds is 6. The molecule has 0 atom stereocenters. The van der Waals surface area contributed by atoms with Crippen molar-refractivity contribution in [3.05, 3.63) is 40.9 Å². The van der Waals surface area contributed by atoms with Crippen LogP contribution in [-0.4, -0.2) is 72.3 Å². The summed E-state index contributed by atoms with van der Waals surface area (Å²) >= 11 is 5.98. The van der Waals surface area contributed by atoms with Gasteiger partial charge in [-0.3, -0.25) is 9.59 Å². The van der Waals surface area contributed by atoms with Crippen LogP contribution in [-0.2, 0) is 9.59 Å². The molecule has 152 valence electrons. The first-order valence-electron chi connectivity index (χ1n) is 10.3. The van der Waals surface area contributed by atoms with Crippen molar-refractivity contribution in [2.75, 3.05) is 45.8 Å². The molecular weight excluding hydrogens is 374 g/mol. The fraction of sp³-hybridized carbons (Fsp3) is 0.545. The molecule has 6 heteroatoms. The minimum atomic E-state index is -0.0528. The van der Waals surface area contributed by atoms with E-state index in [-0.39, 0.29) is 11.8 Å². The average Bonchev–Trinajstić information content (AvgIpc) is 2.89. The maximum Gasteiger partial charge on any atom is 0.246 e. The van der Waals surface area contributed by atoms with Crippen molar-refractivity contribution in [2.45, 2.75) is 32.1 Å². The van der Waals surface area contributed by atoms with Crippen LogP contribution in [0.15, 0.2) is 30.3 Å². The fourth-order valence-corrected chi connectivity index (χ4v) is 4.07. The van der Waals surface area contributed by atoms with Crippen LogP contribution in [0.4, 0.5) is 0 Å². The van der Waals surface area contributed by atoms with Crippen LogP contribution in [0.2, 0.25) is 5.02 Å². The third kappa shape index (κ3) is 6.35. The Labute approximate surface area is 172 Å². The number of halogens is 1. The summed E-state index contributed by atoms with van der Waals surface area (Å²) in [5, 5.41) is 0.648. The number of nitrogens with zero attached hydrogens (tertiary/aromatic N) is 3. The van der Waals surface area contributed by atoms with Crippen molar-refractivity contribution in [3.63, 3.8) is 0 Å². The van der Waals surface area contributed by atoms with Crippen LogP contribution in [0.5, 0.6) is 0 Å². The molecule has 2 fully saturated rings. The summed E-state index contributed by atoms with van der Waals surface area (Å²) in [6.45, 7) is 5.93. The van der Waals surface area contributed by atoms with Crippen molar-refractivity contribution >= 4 is 29.5 Å². The van der Waals surface area contributed by atoms with Crippen molar-refractivity contribution in [1.82, 2.24) is 14.7 Å². The van der Waals surface area contributed by atoms with E-state index in [4.69, 9.17) is 11.6 Å². The molecule has 0 aliphatic carbocycles. The summed E-state index contributed by atoms with van der Waals surface area (Å²) in [4.78, 5) is 31.1. The molecule has 0 spiro atoms. The summed E-state index contributed by atoms with van der Waals surface area (Å²) in [5.41, 5.74) is 0.895. The maximum absolute atomic E-state index is 12.5. The number of carbonyl (C=O) groups is 2. The normalized spacial score (nSPS) is 19.2. The number of amides is 2. The molecule has 0 aromatic heterocycles. The van der Waals surface area contributed by atoms with Gasteiger partial charge in [0, 0.05) is 43.7 Å². The van der Waals surface area contributed by atoms with Gasteiger partial charge in [0.1, 0.15) is 0 Å². The Morgan fingerprint density at radius 1 is 1.04 bits per heavy atom. The Hall–Kier alpha value is -1.85. The molecule has 2 aliphatic rings. The minimum absolute atomic E-state index is 0.0528. The Bertz CT molecular complexity index is 701. The fourth-order valence-electron chi connectivity index (χ4n) is 3.87. The van der Waals surface area contributed by atoms with Crippen molar-refractivity contribution in [2.24, 2.45) is 0 Å². The molecule has 2 amide bonds. The number of carbonyl (C=O) groups excluding carboxylic acids is 2. The van der Waals surface area contributed by atoms with E-state index >= 15 is 0 Å². The molecule has 3 rings (SSSR count). The van der Waals surface area contributed by atoms with Gasteiger partial charge in [-0.2, -0.15) is 0 Å². The van der Waals surface area contributed by atoms with Gasteiger partial charge in [-0.05, 0) is 62.7 Å². The Morgan fingerprint density at radius 2 is 1.86 bits per heavy atom. The first-order valence-corrected chi connectivity index (χ1v) is 10.7. The van der Waals surface area contributed by atoms with Gasteiger partial charge in [0.05, 0.1) is 0 Å². The van der Waals surface area contributed by atoms with E-state index in [1.165, 1.54) is 32.4 Å². The highest BCUT2D eigenvalue weighted by molar-refractivity contribution is 6.30. The molecule has 0 bridgehead atoms. The molecule has 28 heavy (non-hydrogen) atoms. The van der Waals surface area contributed by atoms with Gasteiger partial charge in [0.25, 0.3) is 0 Å². The summed E-state index contributed by atoms with van der Waals surface area (Å²) in [6, 6.07) is 7.40. The van der Waals surface area contributed by atoms with Crippen molar-refractivity contribution in [3.8, 4) is 0 Å². The number of piperidine rings is 1. The summed E-state index contributed by atoms with van der Waals surface area (Å²) in [7, 11) is 0. The minimum Gasteiger partial charge on any atom is -0.341 e. The van der Waals surface area contributed by atoms with Crippen molar-refractivity contribution in [1.29, 1.82) is 0 Å². The second-order valence-corrected chi connectivity index (χ2v) is 8.04. The lowest BCUT2D eigenvalue weighted by Gasteiger charge is -2.28. The smallest absolute Gasteiger partial charge is 0.246 e. The molecule has 1 aromatic carbocycles. The largest absolute Gasteiger partial charge is 0.341 e. The zero-order valence-corrected chi connectivity index (χ0v) is 17.2. The SMILES string of the molecule is O=C(C=Cc1cccc(Cl)c1)N1CCC(=O)N(CCCN2CCCCC2)CC1. The first kappa shape index (κ1) is 20.9. The highest BCUT2D eigenvalue weighted by atomic mass is 35.5. The van der Waals surface area contributed by atoms with Gasteiger partial charge in [-0.1, -0.05) is 30.2 Å². The highest BCUT2D eigenvalue weighted by Crippen LogP contribution is 2.13. The third-order valence-corrected chi connectivity index (χ3v) is 5.75. The second kappa shape index (κ2) is 10.6. The zero-order valence-electron chi connectivity index (χ0n) is 16.5. The highest BCUT2D eigenvalue weighted by Gasteiger charge is 2.22. The Morgan fingerprint density at radius 3 is 2.64 bits per heavy atom. The second-order valence-electron chi connectivity index (χ2n) is 7.60. The lowest BCUT2D eigenvalue weighted by Crippen LogP contribution is -2.37. The van der Waals surface area contributed by atoms with Gasteiger partial charge in [-0.15, -0.1) is 0 Å². The quantitative estimate of drug-likeness (QED) is 0.684. The molecule has 2 heterocycles. The van der Waals surface area contributed by atoms with Gasteiger partial charge in [-0.25, -0.2) is 0 Å². The molecule has 1 aromatic rings. The Kier molecular flexibility index (Phi) is 7.92. The summed E-state index contributed by atoms with van der Waals surface area (Å²) < 4.78 is 0. The molecule has 0 radical (unpaired) electrons. The average molecular weight is 404 g/mol. The van der Waals surface area contributed by atoms with E-state index in [0.717, 1.165) is 25.1 Å². The van der Waals surface area contributed by atoms with Gasteiger partial charge < -0.3 is 14.7 Å². The van der Waals surface area contributed by atoms with Crippen LogP contribution in [0.3, 0.4) is 0 Å². The van der Waals surface area contributed by atoms with Gasteiger partial charge in [0.15, 0.2) is 0 Å². The maximum atomic E-state index is 12.5. The van der Waals surface area contributed by atoms with Crippen LogP contribution < -0.4 is 0 Å². The lowest BCUT2D eigenvalue weighted by molar-refractivity contribution is -0.130. The number of hydrogen-bond acceptors (Lipinski definition) is 3. The molecule has 2 saturated heterocycles. The summed E-state index contributed by atoms with van der Waals surface area (Å²) in [5.74, 6) is 0.107. The van der Waals surface area contributed by atoms with E-state index < -0.39 is 0 Å². The van der Waals surface area contributed by atoms with E-state index in [2.05, 4.69) is 4.90 Å². The predicted molar refractivity (Wildman–Crippen MR) is 113 cm³/mol.